The standard InChI is InChI=1S/C15H14N4O2/c1-21-15(20)7-4-11-2-5-12(6-3-11)18-14-10-17-9-13(8-16)19-14/h2-3,5-6,9-10H,4,7H2,1H3,(H,18,19). The van der Waals surface area contributed by atoms with Crippen LogP contribution in [-0.2, 0) is 16.0 Å². The predicted octanol–water partition coefficient (Wildman–Crippen LogP) is 2.20. The zero-order valence-corrected chi connectivity index (χ0v) is 11.5. The molecule has 0 radical (unpaired) electrons. The number of esters is 1. The van der Waals surface area contributed by atoms with Gasteiger partial charge in [0, 0.05) is 12.1 Å². The second-order valence-corrected chi connectivity index (χ2v) is 4.30. The Labute approximate surface area is 122 Å². The molecular formula is C15H14N4O2. The van der Waals surface area contributed by atoms with Gasteiger partial charge in [-0.25, -0.2) is 4.98 Å². The number of aromatic nitrogens is 2. The molecule has 1 heterocycles. The van der Waals surface area contributed by atoms with Crippen LogP contribution in [-0.4, -0.2) is 23.0 Å². The minimum absolute atomic E-state index is 0.221. The zero-order valence-electron chi connectivity index (χ0n) is 11.5. The van der Waals surface area contributed by atoms with Gasteiger partial charge in [-0.1, -0.05) is 12.1 Å². The third kappa shape index (κ3) is 4.28. The Hall–Kier alpha value is -2.94. The van der Waals surface area contributed by atoms with Crippen molar-refractivity contribution < 1.29 is 9.53 Å². The van der Waals surface area contributed by atoms with Crippen molar-refractivity contribution in [2.75, 3.05) is 12.4 Å². The second kappa shape index (κ2) is 7.01. The number of nitrogens with one attached hydrogen (secondary N) is 1. The first-order chi connectivity index (χ1) is 10.2. The normalized spacial score (nSPS) is 9.71. The first-order valence-corrected chi connectivity index (χ1v) is 6.36. The lowest BCUT2D eigenvalue weighted by Crippen LogP contribution is -2.02. The van der Waals surface area contributed by atoms with E-state index in [-0.39, 0.29) is 11.7 Å². The van der Waals surface area contributed by atoms with Gasteiger partial charge in [0.25, 0.3) is 0 Å². The number of hydrogen-bond acceptors (Lipinski definition) is 6. The van der Waals surface area contributed by atoms with Gasteiger partial charge in [-0.15, -0.1) is 0 Å². The molecule has 0 fully saturated rings. The van der Waals surface area contributed by atoms with E-state index in [1.807, 2.05) is 30.3 Å². The van der Waals surface area contributed by atoms with Crippen LogP contribution in [0.2, 0.25) is 0 Å². The highest BCUT2D eigenvalue weighted by Gasteiger charge is 2.02. The number of nitriles is 1. The van der Waals surface area contributed by atoms with Gasteiger partial charge >= 0.3 is 5.97 Å². The highest BCUT2D eigenvalue weighted by atomic mass is 16.5. The lowest BCUT2D eigenvalue weighted by atomic mass is 10.1. The minimum Gasteiger partial charge on any atom is -0.469 e. The van der Waals surface area contributed by atoms with Crippen molar-refractivity contribution in [1.82, 2.24) is 9.97 Å². The Kier molecular flexibility index (Phi) is 4.83. The summed E-state index contributed by atoms with van der Waals surface area (Å²) >= 11 is 0. The van der Waals surface area contributed by atoms with Crippen LogP contribution in [0.1, 0.15) is 17.7 Å². The van der Waals surface area contributed by atoms with Gasteiger partial charge in [-0.2, -0.15) is 5.26 Å². The van der Waals surface area contributed by atoms with E-state index >= 15 is 0 Å². The van der Waals surface area contributed by atoms with Crippen molar-refractivity contribution in [1.29, 1.82) is 5.26 Å². The molecule has 0 spiro atoms. The van der Waals surface area contributed by atoms with Crippen molar-refractivity contribution in [2.45, 2.75) is 12.8 Å². The molecule has 0 saturated heterocycles. The van der Waals surface area contributed by atoms with Gasteiger partial charge < -0.3 is 10.1 Å². The Balaban J connectivity index is 1.99. The van der Waals surface area contributed by atoms with Gasteiger partial charge in [0.15, 0.2) is 5.69 Å². The molecule has 0 amide bonds. The molecule has 2 aromatic rings. The number of benzene rings is 1. The summed E-state index contributed by atoms with van der Waals surface area (Å²) in [5.74, 6) is 0.289. The van der Waals surface area contributed by atoms with Gasteiger partial charge in [-0.3, -0.25) is 9.78 Å². The SMILES string of the molecule is COC(=O)CCc1ccc(Nc2cncc(C#N)n2)cc1. The number of carbonyl (C=O) groups is 1. The lowest BCUT2D eigenvalue weighted by Gasteiger charge is -2.06. The van der Waals surface area contributed by atoms with Crippen molar-refractivity contribution in [3.63, 3.8) is 0 Å². The van der Waals surface area contributed by atoms with Crippen LogP contribution in [0.15, 0.2) is 36.7 Å². The smallest absolute Gasteiger partial charge is 0.305 e. The van der Waals surface area contributed by atoms with Gasteiger partial charge in [0.05, 0.1) is 19.5 Å². The van der Waals surface area contributed by atoms with Crippen molar-refractivity contribution >= 4 is 17.5 Å². The van der Waals surface area contributed by atoms with Crippen LogP contribution in [0.5, 0.6) is 0 Å². The van der Waals surface area contributed by atoms with E-state index in [1.54, 1.807) is 6.20 Å². The molecule has 0 unspecified atom stereocenters. The monoisotopic (exact) mass is 282 g/mol. The van der Waals surface area contributed by atoms with E-state index < -0.39 is 0 Å². The Morgan fingerprint density at radius 2 is 2.10 bits per heavy atom. The maximum absolute atomic E-state index is 11.1. The maximum Gasteiger partial charge on any atom is 0.305 e. The third-order valence-electron chi connectivity index (χ3n) is 2.82. The number of carbonyl (C=O) groups excluding carboxylic acids is 1. The Morgan fingerprint density at radius 3 is 2.76 bits per heavy atom. The molecular weight excluding hydrogens is 268 g/mol. The Bertz CT molecular complexity index is 662. The van der Waals surface area contributed by atoms with Crippen LogP contribution >= 0.6 is 0 Å². The van der Waals surface area contributed by atoms with Gasteiger partial charge in [-0.05, 0) is 24.1 Å². The molecule has 2 rings (SSSR count). The molecule has 0 aliphatic rings. The summed E-state index contributed by atoms with van der Waals surface area (Å²) in [5.41, 5.74) is 2.14. The fraction of sp³-hybridized carbons (Fsp3) is 0.200. The molecule has 0 aliphatic heterocycles. The van der Waals surface area contributed by atoms with E-state index in [0.717, 1.165) is 11.3 Å². The molecule has 1 aromatic carbocycles. The third-order valence-corrected chi connectivity index (χ3v) is 2.82. The lowest BCUT2D eigenvalue weighted by molar-refractivity contribution is -0.140. The molecule has 0 aliphatic carbocycles. The van der Waals surface area contributed by atoms with Gasteiger partial charge in [0.1, 0.15) is 11.9 Å². The first-order valence-electron chi connectivity index (χ1n) is 6.36. The molecule has 0 bridgehead atoms. The first kappa shape index (κ1) is 14.5. The number of nitrogens with zero attached hydrogens (tertiary/aromatic N) is 3. The molecule has 0 saturated carbocycles. The summed E-state index contributed by atoms with van der Waals surface area (Å²) in [5, 5.41) is 11.8. The van der Waals surface area contributed by atoms with E-state index in [1.165, 1.54) is 13.3 Å². The largest absolute Gasteiger partial charge is 0.469 e. The van der Waals surface area contributed by atoms with Crippen LogP contribution in [0, 0.1) is 11.3 Å². The van der Waals surface area contributed by atoms with Crippen molar-refractivity contribution in [3.8, 4) is 6.07 Å². The van der Waals surface area contributed by atoms with Crippen LogP contribution in [0.25, 0.3) is 0 Å². The van der Waals surface area contributed by atoms with E-state index in [0.29, 0.717) is 18.7 Å². The van der Waals surface area contributed by atoms with E-state index in [4.69, 9.17) is 5.26 Å². The van der Waals surface area contributed by atoms with Crippen molar-refractivity contribution in [3.05, 3.63) is 47.9 Å². The molecule has 6 heteroatoms. The number of methoxy groups -OCH3 is 1. The van der Waals surface area contributed by atoms with E-state index in [9.17, 15) is 4.79 Å². The summed E-state index contributed by atoms with van der Waals surface area (Å²) in [4.78, 5) is 19.1. The Morgan fingerprint density at radius 1 is 1.33 bits per heavy atom. The number of ether oxygens (including phenoxy) is 1. The second-order valence-electron chi connectivity index (χ2n) is 4.30. The summed E-state index contributed by atoms with van der Waals surface area (Å²) in [6.07, 6.45) is 3.95. The molecule has 21 heavy (non-hydrogen) atoms. The highest BCUT2D eigenvalue weighted by molar-refractivity contribution is 5.69. The quantitative estimate of drug-likeness (QED) is 0.846. The fourth-order valence-electron chi connectivity index (χ4n) is 1.73. The average Bonchev–Trinajstić information content (AvgIpc) is 2.54. The van der Waals surface area contributed by atoms with Crippen LogP contribution < -0.4 is 5.32 Å². The van der Waals surface area contributed by atoms with E-state index in [2.05, 4.69) is 20.0 Å². The van der Waals surface area contributed by atoms with Crippen molar-refractivity contribution in [2.24, 2.45) is 0 Å². The van der Waals surface area contributed by atoms with Crippen LogP contribution in [0.4, 0.5) is 11.5 Å². The number of anilines is 2. The number of rotatable bonds is 5. The van der Waals surface area contributed by atoms with Gasteiger partial charge in [0.2, 0.25) is 0 Å². The zero-order chi connectivity index (χ0) is 15.1. The predicted molar refractivity (Wildman–Crippen MR) is 76.8 cm³/mol. The molecule has 1 aromatic heterocycles. The average molecular weight is 282 g/mol. The summed E-state index contributed by atoms with van der Waals surface area (Å²) in [6, 6.07) is 9.55. The highest BCUT2D eigenvalue weighted by Crippen LogP contribution is 2.15. The minimum atomic E-state index is -0.221. The number of aryl methyl sites for hydroxylation is 1. The van der Waals surface area contributed by atoms with Crippen LogP contribution in [0.3, 0.4) is 0 Å². The summed E-state index contributed by atoms with van der Waals surface area (Å²) in [7, 11) is 1.38. The fourth-order valence-corrected chi connectivity index (χ4v) is 1.73. The summed E-state index contributed by atoms with van der Waals surface area (Å²) in [6.45, 7) is 0. The number of hydrogen-bond donors (Lipinski definition) is 1. The topological polar surface area (TPSA) is 87.9 Å². The molecule has 0 atom stereocenters. The molecule has 1 N–H and O–H groups in total. The molecule has 106 valence electrons. The summed E-state index contributed by atoms with van der Waals surface area (Å²) < 4.78 is 4.60. The molecule has 6 nitrogen and oxygen atoms in total. The maximum atomic E-state index is 11.1.